The second-order valence-electron chi connectivity index (χ2n) is 7.32. The van der Waals surface area contributed by atoms with Gasteiger partial charge >= 0.3 is 0 Å². The second kappa shape index (κ2) is 8.53. The Hall–Kier alpha value is -2.55. The molecular formula is C22H21ClN2O4S2. The Bertz CT molecular complexity index is 1290. The van der Waals surface area contributed by atoms with Crippen LogP contribution in [0.4, 0.5) is 11.4 Å². The fourth-order valence-electron chi connectivity index (χ4n) is 3.61. The van der Waals surface area contributed by atoms with Crippen molar-refractivity contribution < 1.29 is 16.8 Å². The summed E-state index contributed by atoms with van der Waals surface area (Å²) in [6.45, 7) is 0.381. The van der Waals surface area contributed by atoms with E-state index < -0.39 is 20.0 Å². The first-order valence-electron chi connectivity index (χ1n) is 9.70. The molecule has 4 rings (SSSR count). The van der Waals surface area contributed by atoms with Gasteiger partial charge in [0.05, 0.1) is 16.3 Å². The summed E-state index contributed by atoms with van der Waals surface area (Å²) in [4.78, 5) is 0.232. The number of anilines is 2. The van der Waals surface area contributed by atoms with Crippen LogP contribution in [0.25, 0.3) is 0 Å². The van der Waals surface area contributed by atoms with Crippen molar-refractivity contribution in [1.82, 2.24) is 0 Å². The van der Waals surface area contributed by atoms with Crippen molar-refractivity contribution >= 4 is 43.0 Å². The summed E-state index contributed by atoms with van der Waals surface area (Å²) in [6, 6.07) is 19.9. The first kappa shape index (κ1) is 21.7. The van der Waals surface area contributed by atoms with E-state index in [1.807, 2.05) is 0 Å². The molecule has 0 saturated carbocycles. The summed E-state index contributed by atoms with van der Waals surface area (Å²) in [5.41, 5.74) is 2.40. The fraction of sp³-hybridized carbons (Fsp3) is 0.182. The third-order valence-corrected chi connectivity index (χ3v) is 8.37. The van der Waals surface area contributed by atoms with Crippen LogP contribution in [0.5, 0.6) is 0 Å². The maximum Gasteiger partial charge on any atom is 0.264 e. The zero-order valence-corrected chi connectivity index (χ0v) is 18.9. The number of aryl methyl sites for hydroxylation is 1. The molecule has 6 nitrogen and oxygen atoms in total. The third-order valence-electron chi connectivity index (χ3n) is 5.03. The summed E-state index contributed by atoms with van der Waals surface area (Å²) < 4.78 is 55.3. The Morgan fingerprint density at radius 2 is 1.61 bits per heavy atom. The Morgan fingerprint density at radius 1 is 0.903 bits per heavy atom. The Kier molecular flexibility index (Phi) is 5.96. The minimum Gasteiger partial charge on any atom is -0.283 e. The summed E-state index contributed by atoms with van der Waals surface area (Å²) in [5, 5.41) is 0.541. The van der Waals surface area contributed by atoms with Crippen LogP contribution in [-0.4, -0.2) is 23.4 Å². The number of hydrogen-bond donors (Lipinski definition) is 1. The van der Waals surface area contributed by atoms with Gasteiger partial charge in [-0.15, -0.1) is 0 Å². The number of benzene rings is 3. The predicted octanol–water partition coefficient (Wildman–Crippen LogP) is 4.42. The molecule has 0 aliphatic carbocycles. The molecule has 31 heavy (non-hydrogen) atoms. The lowest BCUT2D eigenvalue weighted by Crippen LogP contribution is -2.35. The van der Waals surface area contributed by atoms with E-state index in [0.717, 1.165) is 5.56 Å². The van der Waals surface area contributed by atoms with Gasteiger partial charge in [-0.3, -0.25) is 9.03 Å². The van der Waals surface area contributed by atoms with E-state index in [1.54, 1.807) is 72.8 Å². The molecule has 3 aromatic rings. The number of nitrogens with one attached hydrogen (secondary N) is 1. The highest BCUT2D eigenvalue weighted by atomic mass is 35.5. The molecule has 1 N–H and O–H groups in total. The molecule has 0 unspecified atom stereocenters. The lowest BCUT2D eigenvalue weighted by Gasteiger charge is -2.31. The highest BCUT2D eigenvalue weighted by Gasteiger charge is 2.29. The summed E-state index contributed by atoms with van der Waals surface area (Å²) in [7, 11) is -7.32. The highest BCUT2D eigenvalue weighted by molar-refractivity contribution is 7.93. The quantitative estimate of drug-likeness (QED) is 0.570. The largest absolute Gasteiger partial charge is 0.283 e. The molecule has 0 saturated heterocycles. The summed E-state index contributed by atoms with van der Waals surface area (Å²) in [5.74, 6) is -0.185. The van der Waals surface area contributed by atoms with E-state index in [2.05, 4.69) is 4.72 Å². The molecule has 0 spiro atoms. The lowest BCUT2D eigenvalue weighted by atomic mass is 10.0. The molecule has 0 fully saturated rings. The Labute approximate surface area is 187 Å². The summed E-state index contributed by atoms with van der Waals surface area (Å²) >= 11 is 5.85. The molecule has 162 valence electrons. The zero-order valence-electron chi connectivity index (χ0n) is 16.5. The predicted molar refractivity (Wildman–Crippen MR) is 123 cm³/mol. The van der Waals surface area contributed by atoms with E-state index in [-0.39, 0.29) is 10.6 Å². The maximum atomic E-state index is 13.1. The van der Waals surface area contributed by atoms with Crippen molar-refractivity contribution in [2.75, 3.05) is 15.6 Å². The van der Waals surface area contributed by atoms with Gasteiger partial charge in [0, 0.05) is 17.3 Å². The number of rotatable bonds is 6. The molecule has 1 aliphatic heterocycles. The van der Waals surface area contributed by atoms with Gasteiger partial charge in [0.15, 0.2) is 0 Å². The molecule has 9 heteroatoms. The average molecular weight is 477 g/mol. The zero-order chi connectivity index (χ0) is 22.1. The van der Waals surface area contributed by atoms with Gasteiger partial charge in [-0.2, -0.15) is 0 Å². The molecule has 1 aliphatic rings. The molecule has 0 aromatic heterocycles. The standard InChI is InChI=1S/C22H21ClN2O4S2/c23-19-10-8-17(9-11-19)16-30(26,27)24-20-12-13-22-18(15-20)5-4-14-25(22)31(28,29)21-6-2-1-3-7-21/h1-3,6-13,15,24H,4-5,14,16H2. The van der Waals surface area contributed by atoms with E-state index in [1.165, 1.54) is 4.31 Å². The monoisotopic (exact) mass is 476 g/mol. The van der Waals surface area contributed by atoms with Crippen LogP contribution in [0.1, 0.15) is 17.5 Å². The van der Waals surface area contributed by atoms with Gasteiger partial charge in [0.2, 0.25) is 10.0 Å². The maximum absolute atomic E-state index is 13.1. The topological polar surface area (TPSA) is 83.6 Å². The molecule has 0 amide bonds. The first-order valence-corrected chi connectivity index (χ1v) is 13.2. The second-order valence-corrected chi connectivity index (χ2v) is 11.3. The van der Waals surface area contributed by atoms with Crippen LogP contribution in [0.3, 0.4) is 0 Å². The minimum atomic E-state index is -3.68. The third kappa shape index (κ3) is 4.87. The fourth-order valence-corrected chi connectivity index (χ4v) is 6.49. The van der Waals surface area contributed by atoms with Gasteiger partial charge in [0.1, 0.15) is 0 Å². The van der Waals surface area contributed by atoms with Crippen molar-refractivity contribution in [3.63, 3.8) is 0 Å². The van der Waals surface area contributed by atoms with E-state index >= 15 is 0 Å². The number of hydrogen-bond acceptors (Lipinski definition) is 4. The van der Waals surface area contributed by atoms with Crippen LogP contribution in [0.2, 0.25) is 5.02 Å². The van der Waals surface area contributed by atoms with Crippen molar-refractivity contribution in [2.24, 2.45) is 0 Å². The van der Waals surface area contributed by atoms with Crippen LogP contribution < -0.4 is 9.03 Å². The van der Waals surface area contributed by atoms with Crippen molar-refractivity contribution in [1.29, 1.82) is 0 Å². The number of sulfonamides is 2. The molecule has 1 heterocycles. The van der Waals surface area contributed by atoms with E-state index in [4.69, 9.17) is 11.6 Å². The van der Waals surface area contributed by atoms with Crippen LogP contribution in [-0.2, 0) is 32.2 Å². The van der Waals surface area contributed by atoms with Gasteiger partial charge in [-0.25, -0.2) is 16.8 Å². The number of halogens is 1. The number of fused-ring (bicyclic) bond motifs is 1. The lowest BCUT2D eigenvalue weighted by molar-refractivity contribution is 0.586. The first-order chi connectivity index (χ1) is 14.7. The van der Waals surface area contributed by atoms with Gasteiger partial charge in [-0.05, 0) is 66.4 Å². The van der Waals surface area contributed by atoms with Crippen LogP contribution in [0, 0.1) is 0 Å². The minimum absolute atomic E-state index is 0.185. The molecule has 0 bridgehead atoms. The Morgan fingerprint density at radius 3 is 2.32 bits per heavy atom. The normalized spacial score (nSPS) is 14.2. The summed E-state index contributed by atoms with van der Waals surface area (Å²) in [6.07, 6.45) is 1.32. The Balaban J connectivity index is 1.58. The molecule has 3 aromatic carbocycles. The SMILES string of the molecule is O=S(=O)(Cc1ccc(Cl)cc1)Nc1ccc2c(c1)CCCN2S(=O)(=O)c1ccccc1. The van der Waals surface area contributed by atoms with E-state index in [9.17, 15) is 16.8 Å². The van der Waals surface area contributed by atoms with Crippen LogP contribution >= 0.6 is 11.6 Å². The number of nitrogens with zero attached hydrogens (tertiary/aromatic N) is 1. The smallest absolute Gasteiger partial charge is 0.264 e. The molecule has 0 radical (unpaired) electrons. The van der Waals surface area contributed by atoms with Crippen molar-refractivity contribution in [3.05, 3.63) is 88.9 Å². The van der Waals surface area contributed by atoms with Crippen LogP contribution in [0.15, 0.2) is 77.7 Å². The van der Waals surface area contributed by atoms with Crippen molar-refractivity contribution in [2.45, 2.75) is 23.5 Å². The van der Waals surface area contributed by atoms with Gasteiger partial charge in [-0.1, -0.05) is 41.9 Å². The van der Waals surface area contributed by atoms with Gasteiger partial charge in [0.25, 0.3) is 10.0 Å². The van der Waals surface area contributed by atoms with Gasteiger partial charge < -0.3 is 0 Å². The van der Waals surface area contributed by atoms with E-state index in [0.29, 0.717) is 41.3 Å². The average Bonchev–Trinajstić information content (AvgIpc) is 2.75. The highest BCUT2D eigenvalue weighted by Crippen LogP contribution is 2.34. The molecule has 0 atom stereocenters. The van der Waals surface area contributed by atoms with Crippen molar-refractivity contribution in [3.8, 4) is 0 Å². The molecular weight excluding hydrogens is 456 g/mol.